The molecule has 2 atom stereocenters. The molecule has 2 nitrogen and oxygen atoms in total. The summed E-state index contributed by atoms with van der Waals surface area (Å²) in [6, 6.07) is 0. The minimum Gasteiger partial charge on any atom is -0.504 e. The van der Waals surface area contributed by atoms with Crippen molar-refractivity contribution in [3.8, 4) is 0 Å². The Labute approximate surface area is 134 Å². The second-order valence-corrected chi connectivity index (χ2v) is 8.51. The maximum atomic E-state index is 12.6. The second kappa shape index (κ2) is 4.84. The molecular weight excluding hydrogens is 272 g/mol. The molecule has 1 N–H and O–H groups in total. The third-order valence-electron chi connectivity index (χ3n) is 6.31. The SMILES string of the molecule is CC(C)C1=CC2=CCC3C(C)(C)CCCC3(C)C2=C(O)C1=O. The summed E-state index contributed by atoms with van der Waals surface area (Å²) in [6.07, 6.45) is 8.79. The minimum atomic E-state index is -0.160. The largest absolute Gasteiger partial charge is 0.504 e. The highest BCUT2D eigenvalue weighted by Crippen LogP contribution is 2.60. The van der Waals surface area contributed by atoms with Crippen molar-refractivity contribution in [3.63, 3.8) is 0 Å². The molecule has 0 aromatic heterocycles. The topological polar surface area (TPSA) is 37.3 Å². The molecule has 0 radical (unpaired) electrons. The van der Waals surface area contributed by atoms with Gasteiger partial charge < -0.3 is 5.11 Å². The van der Waals surface area contributed by atoms with E-state index in [2.05, 4.69) is 26.8 Å². The van der Waals surface area contributed by atoms with E-state index in [1.165, 1.54) is 12.8 Å². The minimum absolute atomic E-state index is 0.0161. The van der Waals surface area contributed by atoms with Crippen LogP contribution in [-0.2, 0) is 4.79 Å². The van der Waals surface area contributed by atoms with Crippen LogP contribution in [0.5, 0.6) is 0 Å². The van der Waals surface area contributed by atoms with Gasteiger partial charge >= 0.3 is 0 Å². The summed E-state index contributed by atoms with van der Waals surface area (Å²) in [5, 5.41) is 10.7. The molecule has 22 heavy (non-hydrogen) atoms. The third kappa shape index (κ3) is 2.03. The van der Waals surface area contributed by atoms with Gasteiger partial charge in [0.05, 0.1) is 0 Å². The summed E-state index contributed by atoms with van der Waals surface area (Å²) in [5.74, 6) is 0.497. The summed E-state index contributed by atoms with van der Waals surface area (Å²) in [4.78, 5) is 12.6. The van der Waals surface area contributed by atoms with Crippen molar-refractivity contribution in [1.29, 1.82) is 0 Å². The Hall–Kier alpha value is -1.31. The van der Waals surface area contributed by atoms with E-state index in [0.717, 1.165) is 29.6 Å². The first-order chi connectivity index (χ1) is 10.2. The van der Waals surface area contributed by atoms with Crippen LogP contribution in [0.15, 0.2) is 34.6 Å². The molecule has 0 bridgehead atoms. The van der Waals surface area contributed by atoms with Gasteiger partial charge in [0, 0.05) is 16.6 Å². The summed E-state index contributed by atoms with van der Waals surface area (Å²) in [5.41, 5.74) is 2.94. The number of Topliss-reactive ketones (excluding diaryl/α,β-unsaturated/α-hetero) is 1. The first-order valence-corrected chi connectivity index (χ1v) is 8.59. The van der Waals surface area contributed by atoms with E-state index >= 15 is 0 Å². The van der Waals surface area contributed by atoms with Crippen molar-refractivity contribution >= 4 is 5.78 Å². The molecule has 1 saturated carbocycles. The van der Waals surface area contributed by atoms with E-state index in [-0.39, 0.29) is 28.3 Å². The van der Waals surface area contributed by atoms with Gasteiger partial charge in [0.15, 0.2) is 5.76 Å². The van der Waals surface area contributed by atoms with Crippen LogP contribution in [-0.4, -0.2) is 10.9 Å². The van der Waals surface area contributed by atoms with Crippen molar-refractivity contribution in [3.05, 3.63) is 34.6 Å². The molecule has 2 unspecified atom stereocenters. The van der Waals surface area contributed by atoms with Crippen molar-refractivity contribution < 1.29 is 9.90 Å². The molecular formula is C20H28O2. The number of carbonyl (C=O) groups is 1. The van der Waals surface area contributed by atoms with E-state index in [1.54, 1.807) is 0 Å². The lowest BCUT2D eigenvalue weighted by Gasteiger charge is -2.54. The number of allylic oxidation sites excluding steroid dienone is 5. The highest BCUT2D eigenvalue weighted by atomic mass is 16.3. The fourth-order valence-corrected chi connectivity index (χ4v) is 5.13. The van der Waals surface area contributed by atoms with Gasteiger partial charge in [-0.25, -0.2) is 0 Å². The Morgan fingerprint density at radius 1 is 1.23 bits per heavy atom. The standard InChI is InChI=1S/C20H28O2/c1-12(2)14-11-13-7-8-15-19(3,4)9-6-10-20(15,5)16(13)18(22)17(14)21/h7,11-12,15,22H,6,8-10H2,1-5H3. The molecule has 2 heteroatoms. The number of ketones is 1. The fourth-order valence-electron chi connectivity index (χ4n) is 5.13. The quantitative estimate of drug-likeness (QED) is 0.729. The molecule has 0 heterocycles. The van der Waals surface area contributed by atoms with Crippen molar-refractivity contribution in [1.82, 2.24) is 0 Å². The zero-order chi connectivity index (χ0) is 16.3. The molecule has 0 aliphatic heterocycles. The Morgan fingerprint density at radius 2 is 1.91 bits per heavy atom. The lowest BCUT2D eigenvalue weighted by Crippen LogP contribution is -2.46. The number of fused-ring (bicyclic) bond motifs is 3. The van der Waals surface area contributed by atoms with E-state index in [4.69, 9.17) is 0 Å². The monoisotopic (exact) mass is 300 g/mol. The molecule has 0 aromatic carbocycles. The normalized spacial score (nSPS) is 34.1. The van der Waals surface area contributed by atoms with Gasteiger partial charge in [-0.15, -0.1) is 0 Å². The highest BCUT2D eigenvalue weighted by molar-refractivity contribution is 6.10. The Morgan fingerprint density at radius 3 is 2.55 bits per heavy atom. The molecule has 0 amide bonds. The molecule has 0 aromatic rings. The van der Waals surface area contributed by atoms with Crippen LogP contribution in [0.3, 0.4) is 0 Å². The average Bonchev–Trinajstić information content (AvgIpc) is 2.40. The van der Waals surface area contributed by atoms with Gasteiger partial charge in [0.2, 0.25) is 5.78 Å². The summed E-state index contributed by atoms with van der Waals surface area (Å²) in [7, 11) is 0. The molecule has 0 saturated heterocycles. The smallest absolute Gasteiger partial charge is 0.223 e. The lowest BCUT2D eigenvalue weighted by atomic mass is 9.49. The van der Waals surface area contributed by atoms with Gasteiger partial charge in [0.25, 0.3) is 0 Å². The molecule has 0 spiro atoms. The first-order valence-electron chi connectivity index (χ1n) is 8.59. The molecule has 3 rings (SSSR count). The number of hydrogen-bond donors (Lipinski definition) is 1. The lowest BCUT2D eigenvalue weighted by molar-refractivity contribution is -0.115. The zero-order valence-corrected chi connectivity index (χ0v) is 14.5. The summed E-state index contributed by atoms with van der Waals surface area (Å²) in [6.45, 7) is 11.0. The summed E-state index contributed by atoms with van der Waals surface area (Å²) >= 11 is 0. The van der Waals surface area contributed by atoms with Crippen LogP contribution in [0, 0.1) is 22.7 Å². The third-order valence-corrected chi connectivity index (χ3v) is 6.31. The van der Waals surface area contributed by atoms with Crippen LogP contribution >= 0.6 is 0 Å². The van der Waals surface area contributed by atoms with Crippen LogP contribution in [0.25, 0.3) is 0 Å². The maximum Gasteiger partial charge on any atom is 0.223 e. The van der Waals surface area contributed by atoms with Crippen LogP contribution < -0.4 is 0 Å². The predicted molar refractivity (Wildman–Crippen MR) is 89.5 cm³/mol. The Bertz CT molecular complexity index is 616. The van der Waals surface area contributed by atoms with Gasteiger partial charge in [-0.3, -0.25) is 4.79 Å². The fraction of sp³-hybridized carbons (Fsp3) is 0.650. The molecule has 120 valence electrons. The van der Waals surface area contributed by atoms with Gasteiger partial charge in [-0.05, 0) is 48.2 Å². The summed E-state index contributed by atoms with van der Waals surface area (Å²) < 4.78 is 0. The molecule has 3 aliphatic rings. The number of aliphatic hydroxyl groups is 1. The Kier molecular flexibility index (Phi) is 3.43. The van der Waals surface area contributed by atoms with Crippen molar-refractivity contribution in [2.75, 3.05) is 0 Å². The highest BCUT2D eigenvalue weighted by Gasteiger charge is 2.52. The number of aliphatic hydroxyl groups excluding tert-OH is 1. The Balaban J connectivity index is 2.16. The van der Waals surface area contributed by atoms with Crippen LogP contribution in [0.4, 0.5) is 0 Å². The van der Waals surface area contributed by atoms with Gasteiger partial charge in [0.1, 0.15) is 0 Å². The molecule has 3 aliphatic carbocycles. The van der Waals surface area contributed by atoms with Crippen LogP contribution in [0.1, 0.15) is 60.3 Å². The van der Waals surface area contributed by atoms with Crippen molar-refractivity contribution in [2.24, 2.45) is 22.7 Å². The van der Waals surface area contributed by atoms with E-state index < -0.39 is 0 Å². The van der Waals surface area contributed by atoms with Crippen LogP contribution in [0.2, 0.25) is 0 Å². The van der Waals surface area contributed by atoms with Gasteiger partial charge in [-0.2, -0.15) is 0 Å². The van der Waals surface area contributed by atoms with E-state index in [1.807, 2.05) is 19.9 Å². The first kappa shape index (κ1) is 15.6. The van der Waals surface area contributed by atoms with E-state index in [0.29, 0.717) is 5.92 Å². The molecule has 1 fully saturated rings. The maximum absolute atomic E-state index is 12.6. The number of carbonyl (C=O) groups excluding carboxylic acids is 1. The van der Waals surface area contributed by atoms with Gasteiger partial charge in [-0.1, -0.05) is 47.1 Å². The number of hydrogen-bond acceptors (Lipinski definition) is 2. The van der Waals surface area contributed by atoms with E-state index in [9.17, 15) is 9.90 Å². The zero-order valence-electron chi connectivity index (χ0n) is 14.5. The van der Waals surface area contributed by atoms with Crippen molar-refractivity contribution in [2.45, 2.75) is 60.3 Å². The number of rotatable bonds is 1. The average molecular weight is 300 g/mol. The predicted octanol–water partition coefficient (Wildman–Crippen LogP) is 5.13. The second-order valence-electron chi connectivity index (χ2n) is 8.51.